The Morgan fingerprint density at radius 1 is 0.800 bits per heavy atom. The van der Waals surface area contributed by atoms with Crippen molar-refractivity contribution >= 4 is 11.9 Å². The second-order valence-corrected chi connectivity index (χ2v) is 8.75. The van der Waals surface area contributed by atoms with Crippen LogP contribution in [0.1, 0.15) is 87.4 Å². The maximum Gasteiger partial charge on any atom is 0.340 e. The molecule has 4 rings (SSSR count). The Hall–Kier alpha value is -3.80. The average Bonchev–Trinajstić information content (AvgIpc) is 3.15. The number of aryl methyl sites for hydroxylation is 2. The number of aromatic carboxylic acids is 1. The smallest absolute Gasteiger partial charge is 0.340 e. The second kappa shape index (κ2) is 9.10. The van der Waals surface area contributed by atoms with Gasteiger partial charge in [0.05, 0.1) is 11.1 Å². The monoisotopic (exact) mass is 474 g/mol. The van der Waals surface area contributed by atoms with Crippen molar-refractivity contribution in [1.29, 1.82) is 0 Å². The molecule has 1 aliphatic heterocycles. The van der Waals surface area contributed by atoms with E-state index in [-0.39, 0.29) is 22.6 Å². The van der Waals surface area contributed by atoms with Gasteiger partial charge >= 0.3 is 11.9 Å². The highest BCUT2D eigenvalue weighted by Gasteiger charge is 2.53. The lowest BCUT2D eigenvalue weighted by Crippen LogP contribution is -2.34. The molecule has 0 aliphatic carbocycles. The first-order valence-electron chi connectivity index (χ1n) is 12.0. The topological polar surface area (TPSA) is 104 Å². The van der Waals surface area contributed by atoms with E-state index < -0.39 is 17.5 Å². The molecule has 35 heavy (non-hydrogen) atoms. The van der Waals surface area contributed by atoms with Crippen molar-refractivity contribution in [3.8, 4) is 11.5 Å². The van der Waals surface area contributed by atoms with Crippen molar-refractivity contribution in [2.24, 2.45) is 0 Å². The van der Waals surface area contributed by atoms with Crippen LogP contribution in [0.15, 0.2) is 42.5 Å². The molecule has 3 aromatic rings. The Kier molecular flexibility index (Phi) is 6.32. The lowest BCUT2D eigenvalue weighted by Gasteiger charge is -2.37. The third-order valence-corrected chi connectivity index (χ3v) is 7.03. The molecule has 0 saturated carbocycles. The number of rotatable bonds is 7. The van der Waals surface area contributed by atoms with E-state index in [1.54, 1.807) is 18.2 Å². The first-order chi connectivity index (χ1) is 16.7. The molecule has 0 saturated heterocycles. The van der Waals surface area contributed by atoms with Crippen LogP contribution in [-0.4, -0.2) is 27.3 Å². The Morgan fingerprint density at radius 3 is 1.74 bits per heavy atom. The van der Waals surface area contributed by atoms with E-state index in [1.807, 2.05) is 39.8 Å². The normalized spacial score (nSPS) is 14.0. The number of carboxylic acids is 1. The predicted octanol–water partition coefficient (Wildman–Crippen LogP) is 5.51. The molecule has 1 heterocycles. The average molecular weight is 475 g/mol. The van der Waals surface area contributed by atoms with Crippen molar-refractivity contribution in [3.05, 3.63) is 92.5 Å². The summed E-state index contributed by atoms with van der Waals surface area (Å²) in [5.74, 6) is -1.58. The molecule has 0 amide bonds. The number of cyclic esters (lactones) is 1. The standard InChI is InChI=1S/C29H30O6/c1-5-16-10-13-23(30)19(7-3)25(16)29(26-17(6-2)11-14-24(31)20(26)8-4)22-12-9-18(27(32)33)15-21(22)28(34)35-29/h9-15,30-31H,5-8H2,1-4H3,(H,32,33). The van der Waals surface area contributed by atoms with Crippen LogP contribution in [0.2, 0.25) is 0 Å². The maximum atomic E-state index is 13.4. The van der Waals surface area contributed by atoms with Gasteiger partial charge in [-0.05, 0) is 61.1 Å². The third kappa shape index (κ3) is 3.55. The molecule has 182 valence electrons. The zero-order valence-corrected chi connectivity index (χ0v) is 20.4. The molecule has 0 unspecified atom stereocenters. The van der Waals surface area contributed by atoms with Gasteiger partial charge in [-0.2, -0.15) is 0 Å². The number of phenolic OH excluding ortho intramolecular Hbond substituents is 2. The van der Waals surface area contributed by atoms with Gasteiger partial charge in [-0.25, -0.2) is 9.59 Å². The second-order valence-electron chi connectivity index (χ2n) is 8.75. The molecule has 3 N–H and O–H groups in total. The zero-order chi connectivity index (χ0) is 25.5. The van der Waals surface area contributed by atoms with Crippen LogP contribution >= 0.6 is 0 Å². The fourth-order valence-corrected chi connectivity index (χ4v) is 5.45. The van der Waals surface area contributed by atoms with E-state index in [0.717, 1.165) is 11.1 Å². The highest BCUT2D eigenvalue weighted by molar-refractivity contribution is 6.00. The van der Waals surface area contributed by atoms with Gasteiger partial charge in [0.25, 0.3) is 0 Å². The summed E-state index contributed by atoms with van der Waals surface area (Å²) in [6.45, 7) is 7.86. The number of hydrogen-bond acceptors (Lipinski definition) is 5. The Labute approximate surface area is 204 Å². The van der Waals surface area contributed by atoms with Crippen molar-refractivity contribution < 1.29 is 29.6 Å². The molecule has 0 radical (unpaired) electrons. The summed E-state index contributed by atoms with van der Waals surface area (Å²) in [5.41, 5.74) is 3.67. The predicted molar refractivity (Wildman–Crippen MR) is 132 cm³/mol. The molecular weight excluding hydrogens is 444 g/mol. The van der Waals surface area contributed by atoms with Crippen LogP contribution in [0, 0.1) is 0 Å². The quantitative estimate of drug-likeness (QED) is 0.390. The fourth-order valence-electron chi connectivity index (χ4n) is 5.45. The van der Waals surface area contributed by atoms with Crippen LogP contribution in [0.4, 0.5) is 0 Å². The number of benzene rings is 3. The first-order valence-corrected chi connectivity index (χ1v) is 12.0. The van der Waals surface area contributed by atoms with E-state index in [9.17, 15) is 24.9 Å². The molecule has 6 heteroatoms. The van der Waals surface area contributed by atoms with E-state index in [0.29, 0.717) is 53.5 Å². The van der Waals surface area contributed by atoms with Crippen molar-refractivity contribution in [1.82, 2.24) is 0 Å². The third-order valence-electron chi connectivity index (χ3n) is 7.03. The number of ether oxygens (including phenoxy) is 1. The number of esters is 1. The van der Waals surface area contributed by atoms with Crippen LogP contribution < -0.4 is 0 Å². The molecule has 0 atom stereocenters. The van der Waals surface area contributed by atoms with Gasteiger partial charge in [0.2, 0.25) is 0 Å². The highest BCUT2D eigenvalue weighted by atomic mass is 16.6. The molecular formula is C29H30O6. The van der Waals surface area contributed by atoms with E-state index in [2.05, 4.69) is 0 Å². The summed E-state index contributed by atoms with van der Waals surface area (Å²) >= 11 is 0. The van der Waals surface area contributed by atoms with Gasteiger partial charge in [0.15, 0.2) is 5.60 Å². The zero-order valence-electron chi connectivity index (χ0n) is 20.4. The van der Waals surface area contributed by atoms with Crippen LogP contribution in [0.5, 0.6) is 11.5 Å². The lowest BCUT2D eigenvalue weighted by molar-refractivity contribution is 0.0240. The van der Waals surface area contributed by atoms with Gasteiger partial charge < -0.3 is 20.1 Å². The molecule has 1 aliphatic rings. The van der Waals surface area contributed by atoms with Crippen LogP contribution in [0.25, 0.3) is 0 Å². The van der Waals surface area contributed by atoms with E-state index in [1.165, 1.54) is 12.1 Å². The van der Waals surface area contributed by atoms with E-state index >= 15 is 0 Å². The van der Waals surface area contributed by atoms with E-state index in [4.69, 9.17) is 4.74 Å². The minimum Gasteiger partial charge on any atom is -0.508 e. The molecule has 0 spiro atoms. The molecule has 0 fully saturated rings. The maximum absolute atomic E-state index is 13.4. The highest BCUT2D eigenvalue weighted by Crippen LogP contribution is 2.53. The van der Waals surface area contributed by atoms with Crippen molar-refractivity contribution in [2.75, 3.05) is 0 Å². The molecule has 0 aromatic heterocycles. The lowest BCUT2D eigenvalue weighted by atomic mass is 9.71. The summed E-state index contributed by atoms with van der Waals surface area (Å²) in [6.07, 6.45) is 2.20. The number of carbonyl (C=O) groups excluding carboxylic acids is 1. The number of phenols is 2. The number of carbonyl (C=O) groups is 2. The Bertz CT molecular complexity index is 1280. The fraction of sp³-hybridized carbons (Fsp3) is 0.310. The summed E-state index contributed by atoms with van der Waals surface area (Å²) < 4.78 is 6.35. The number of carboxylic acid groups (broad SMARTS) is 1. The first kappa shape index (κ1) is 24.3. The van der Waals surface area contributed by atoms with Crippen LogP contribution in [0.3, 0.4) is 0 Å². The summed E-state index contributed by atoms with van der Waals surface area (Å²) in [5, 5.41) is 31.4. The minimum atomic E-state index is -1.45. The van der Waals surface area contributed by atoms with Crippen LogP contribution in [-0.2, 0) is 36.0 Å². The summed E-state index contributed by atoms with van der Waals surface area (Å²) in [4.78, 5) is 25.1. The molecule has 0 bridgehead atoms. The number of hydrogen-bond donors (Lipinski definition) is 3. The van der Waals surface area contributed by atoms with Gasteiger partial charge in [-0.15, -0.1) is 0 Å². The van der Waals surface area contributed by atoms with Gasteiger partial charge in [-0.3, -0.25) is 0 Å². The largest absolute Gasteiger partial charge is 0.508 e. The number of fused-ring (bicyclic) bond motifs is 1. The number of aromatic hydroxyl groups is 2. The Balaban J connectivity index is 2.27. The van der Waals surface area contributed by atoms with Gasteiger partial charge in [0, 0.05) is 27.8 Å². The van der Waals surface area contributed by atoms with Gasteiger partial charge in [-0.1, -0.05) is 45.9 Å². The van der Waals surface area contributed by atoms with Gasteiger partial charge in [0.1, 0.15) is 11.5 Å². The Morgan fingerprint density at radius 2 is 1.31 bits per heavy atom. The van der Waals surface area contributed by atoms with Crippen molar-refractivity contribution in [2.45, 2.75) is 59.0 Å². The molecule has 6 nitrogen and oxygen atoms in total. The minimum absolute atomic E-state index is 0.0128. The molecule has 3 aromatic carbocycles. The summed E-state index contributed by atoms with van der Waals surface area (Å²) in [6, 6.07) is 11.4. The SMILES string of the molecule is CCc1ccc(O)c(CC)c1C1(c2c(CC)ccc(O)c2CC)OC(=O)c2cc(C(=O)O)ccc21. The van der Waals surface area contributed by atoms with Crippen molar-refractivity contribution in [3.63, 3.8) is 0 Å². The summed E-state index contributed by atoms with van der Waals surface area (Å²) in [7, 11) is 0.